The van der Waals surface area contributed by atoms with E-state index in [1.807, 2.05) is 18.2 Å². The van der Waals surface area contributed by atoms with E-state index in [0.717, 1.165) is 0 Å². The van der Waals surface area contributed by atoms with E-state index in [2.05, 4.69) is 5.32 Å². The molecule has 5 nitrogen and oxygen atoms in total. The summed E-state index contributed by atoms with van der Waals surface area (Å²) in [4.78, 5) is 11.5. The van der Waals surface area contributed by atoms with Crippen LogP contribution in [0.25, 0.3) is 0 Å². The fourth-order valence-electron chi connectivity index (χ4n) is 2.20. The molecule has 2 rings (SSSR count). The number of aliphatic carboxylic acids is 1. The lowest BCUT2D eigenvalue weighted by atomic mass is 9.91. The van der Waals surface area contributed by atoms with Crippen LogP contribution in [0.5, 0.6) is 5.75 Å². The minimum atomic E-state index is -1.06. The largest absolute Gasteiger partial charge is 0.497 e. The third-order valence-electron chi connectivity index (χ3n) is 3.38. The van der Waals surface area contributed by atoms with Gasteiger partial charge >= 0.3 is 5.97 Å². The Morgan fingerprint density at radius 2 is 2.39 bits per heavy atom. The minimum Gasteiger partial charge on any atom is -0.497 e. The highest BCUT2D eigenvalue weighted by molar-refractivity contribution is 5.84. The number of carboxylic acids is 1. The summed E-state index contributed by atoms with van der Waals surface area (Å²) in [5.41, 5.74) is -0.346. The van der Waals surface area contributed by atoms with E-state index in [4.69, 9.17) is 9.47 Å². The zero-order valence-electron chi connectivity index (χ0n) is 10.5. The molecule has 1 heterocycles. The SMILES string of the molecule is COc1cccc(NC2(C(=O)O)CCOC2C)c1. The molecule has 0 aromatic heterocycles. The molecule has 2 N–H and O–H groups in total. The van der Waals surface area contributed by atoms with Crippen molar-refractivity contribution in [1.29, 1.82) is 0 Å². The molecular formula is C13H17NO4. The lowest BCUT2D eigenvalue weighted by molar-refractivity contribution is -0.143. The van der Waals surface area contributed by atoms with Gasteiger partial charge in [-0.15, -0.1) is 0 Å². The maximum Gasteiger partial charge on any atom is 0.332 e. The monoisotopic (exact) mass is 251 g/mol. The van der Waals surface area contributed by atoms with Gasteiger partial charge in [-0.25, -0.2) is 4.79 Å². The average molecular weight is 251 g/mol. The molecule has 0 amide bonds. The van der Waals surface area contributed by atoms with Crippen LogP contribution in [-0.4, -0.2) is 36.4 Å². The van der Waals surface area contributed by atoms with Gasteiger partial charge in [0.05, 0.1) is 13.2 Å². The Morgan fingerprint density at radius 3 is 2.94 bits per heavy atom. The van der Waals surface area contributed by atoms with Crippen molar-refractivity contribution in [3.05, 3.63) is 24.3 Å². The molecule has 1 aromatic rings. The Bertz CT molecular complexity index is 448. The number of rotatable bonds is 4. The van der Waals surface area contributed by atoms with Gasteiger partial charge < -0.3 is 19.9 Å². The van der Waals surface area contributed by atoms with E-state index < -0.39 is 11.5 Å². The molecule has 0 saturated carbocycles. The quantitative estimate of drug-likeness (QED) is 0.853. The topological polar surface area (TPSA) is 67.8 Å². The first-order valence-electron chi connectivity index (χ1n) is 5.86. The number of carboxylic acid groups (broad SMARTS) is 1. The number of methoxy groups -OCH3 is 1. The highest BCUT2D eigenvalue weighted by Gasteiger charge is 2.48. The second-order valence-electron chi connectivity index (χ2n) is 4.40. The van der Waals surface area contributed by atoms with Gasteiger partial charge in [0.2, 0.25) is 0 Å². The van der Waals surface area contributed by atoms with Crippen LogP contribution in [-0.2, 0) is 9.53 Å². The number of anilines is 1. The molecule has 1 fully saturated rings. The number of hydrogen-bond donors (Lipinski definition) is 2. The smallest absolute Gasteiger partial charge is 0.332 e. The molecule has 0 radical (unpaired) electrons. The second kappa shape index (κ2) is 4.86. The van der Waals surface area contributed by atoms with Crippen LogP contribution in [0.15, 0.2) is 24.3 Å². The molecule has 1 aliphatic heterocycles. The molecule has 18 heavy (non-hydrogen) atoms. The van der Waals surface area contributed by atoms with Gasteiger partial charge in [0.25, 0.3) is 0 Å². The van der Waals surface area contributed by atoms with Crippen LogP contribution in [0.2, 0.25) is 0 Å². The van der Waals surface area contributed by atoms with Crippen LogP contribution >= 0.6 is 0 Å². The van der Waals surface area contributed by atoms with Crippen LogP contribution in [0.4, 0.5) is 5.69 Å². The molecule has 1 aliphatic rings. The molecular weight excluding hydrogens is 234 g/mol. The Kier molecular flexibility index (Phi) is 3.43. The molecule has 0 bridgehead atoms. The van der Waals surface area contributed by atoms with Crippen molar-refractivity contribution in [2.24, 2.45) is 0 Å². The van der Waals surface area contributed by atoms with E-state index in [9.17, 15) is 9.90 Å². The van der Waals surface area contributed by atoms with Gasteiger partial charge in [0, 0.05) is 24.8 Å². The second-order valence-corrected chi connectivity index (χ2v) is 4.40. The number of nitrogens with one attached hydrogen (secondary N) is 1. The van der Waals surface area contributed by atoms with Gasteiger partial charge in [-0.05, 0) is 19.1 Å². The van der Waals surface area contributed by atoms with Gasteiger partial charge in [-0.2, -0.15) is 0 Å². The third-order valence-corrected chi connectivity index (χ3v) is 3.38. The molecule has 98 valence electrons. The van der Waals surface area contributed by atoms with Crippen LogP contribution in [0, 0.1) is 0 Å². The highest BCUT2D eigenvalue weighted by Crippen LogP contribution is 2.31. The predicted octanol–water partition coefficient (Wildman–Crippen LogP) is 1.74. The first-order chi connectivity index (χ1) is 8.58. The highest BCUT2D eigenvalue weighted by atomic mass is 16.5. The van der Waals surface area contributed by atoms with Crippen molar-refractivity contribution >= 4 is 11.7 Å². The first-order valence-corrected chi connectivity index (χ1v) is 5.86. The van der Waals surface area contributed by atoms with Gasteiger partial charge in [0.1, 0.15) is 5.75 Å². The van der Waals surface area contributed by atoms with Crippen molar-refractivity contribution in [3.63, 3.8) is 0 Å². The van der Waals surface area contributed by atoms with E-state index in [1.54, 1.807) is 20.1 Å². The fraction of sp³-hybridized carbons (Fsp3) is 0.462. The fourth-order valence-corrected chi connectivity index (χ4v) is 2.20. The van der Waals surface area contributed by atoms with Crippen LogP contribution in [0.1, 0.15) is 13.3 Å². The molecule has 2 unspecified atom stereocenters. The van der Waals surface area contributed by atoms with Gasteiger partial charge in [0.15, 0.2) is 5.54 Å². The van der Waals surface area contributed by atoms with Crippen molar-refractivity contribution in [3.8, 4) is 5.75 Å². The average Bonchev–Trinajstić information content (AvgIpc) is 2.72. The lowest BCUT2D eigenvalue weighted by Gasteiger charge is -2.29. The minimum absolute atomic E-state index is 0.374. The predicted molar refractivity (Wildman–Crippen MR) is 67.0 cm³/mol. The maximum atomic E-state index is 11.5. The van der Waals surface area contributed by atoms with E-state index in [-0.39, 0.29) is 6.10 Å². The summed E-state index contributed by atoms with van der Waals surface area (Å²) < 4.78 is 10.5. The first kappa shape index (κ1) is 12.7. The molecule has 1 saturated heterocycles. The van der Waals surface area contributed by atoms with E-state index in [1.165, 1.54) is 0 Å². The Morgan fingerprint density at radius 1 is 1.61 bits per heavy atom. The third kappa shape index (κ3) is 2.13. The summed E-state index contributed by atoms with van der Waals surface area (Å²) in [5.74, 6) is -0.206. The lowest BCUT2D eigenvalue weighted by Crippen LogP contribution is -2.51. The van der Waals surface area contributed by atoms with Crippen molar-refractivity contribution < 1.29 is 19.4 Å². The van der Waals surface area contributed by atoms with Crippen molar-refractivity contribution in [2.45, 2.75) is 25.0 Å². The van der Waals surface area contributed by atoms with E-state index >= 15 is 0 Å². The Hall–Kier alpha value is -1.75. The summed E-state index contributed by atoms with van der Waals surface area (Å²) in [5, 5.41) is 12.5. The van der Waals surface area contributed by atoms with E-state index in [0.29, 0.717) is 24.5 Å². The normalized spacial score (nSPS) is 26.9. The van der Waals surface area contributed by atoms with Crippen molar-refractivity contribution in [1.82, 2.24) is 0 Å². The maximum absolute atomic E-state index is 11.5. The number of hydrogen-bond acceptors (Lipinski definition) is 4. The summed E-state index contributed by atoms with van der Waals surface area (Å²) >= 11 is 0. The molecule has 1 aromatic carbocycles. The Balaban J connectivity index is 2.26. The Labute approximate surface area is 106 Å². The summed E-state index contributed by atoms with van der Waals surface area (Å²) in [6, 6.07) is 7.22. The van der Waals surface area contributed by atoms with Gasteiger partial charge in [-0.3, -0.25) is 0 Å². The molecule has 0 aliphatic carbocycles. The molecule has 5 heteroatoms. The standard InChI is InChI=1S/C13H17NO4/c1-9-13(12(15)16,6-7-18-9)14-10-4-3-5-11(8-10)17-2/h3-5,8-9,14H,6-7H2,1-2H3,(H,15,16). The molecule has 0 spiro atoms. The van der Waals surface area contributed by atoms with Crippen LogP contribution < -0.4 is 10.1 Å². The zero-order valence-corrected chi connectivity index (χ0v) is 10.5. The number of benzene rings is 1. The summed E-state index contributed by atoms with van der Waals surface area (Å²) in [7, 11) is 1.58. The number of carbonyl (C=O) groups is 1. The van der Waals surface area contributed by atoms with Crippen molar-refractivity contribution in [2.75, 3.05) is 19.0 Å². The van der Waals surface area contributed by atoms with Gasteiger partial charge in [-0.1, -0.05) is 6.07 Å². The summed E-state index contributed by atoms with van der Waals surface area (Å²) in [6.07, 6.45) is 0.0713. The zero-order chi connectivity index (χ0) is 13.2. The van der Waals surface area contributed by atoms with Crippen LogP contribution in [0.3, 0.4) is 0 Å². The summed E-state index contributed by atoms with van der Waals surface area (Å²) in [6.45, 7) is 2.22. The molecule has 2 atom stereocenters. The number of ether oxygens (including phenoxy) is 2.